The van der Waals surface area contributed by atoms with Crippen LogP contribution in [0.3, 0.4) is 0 Å². The molecule has 26 heavy (non-hydrogen) atoms. The number of aromatic nitrogens is 1. The molecule has 0 radical (unpaired) electrons. The zero-order chi connectivity index (χ0) is 18.9. The van der Waals surface area contributed by atoms with Gasteiger partial charge in [0.05, 0.1) is 0 Å². The molecule has 0 spiro atoms. The van der Waals surface area contributed by atoms with Crippen molar-refractivity contribution >= 4 is 5.96 Å². The van der Waals surface area contributed by atoms with E-state index in [1.807, 2.05) is 30.7 Å². The number of aryl methyl sites for hydroxylation is 1. The monoisotopic (exact) mass is 360 g/mol. The summed E-state index contributed by atoms with van der Waals surface area (Å²) in [6.07, 6.45) is 7.10. The highest BCUT2D eigenvalue weighted by Gasteiger charge is 2.23. The molecule has 1 fully saturated rings. The molecule has 2 rings (SSSR count). The SMILES string of the molecule is CN=C(NCCCCn1c(C)cccc1=O)NC1CCC(C(C)C)CC1. The molecule has 0 atom stereocenters. The van der Waals surface area contributed by atoms with Gasteiger partial charge >= 0.3 is 0 Å². The van der Waals surface area contributed by atoms with Crippen LogP contribution in [0.2, 0.25) is 0 Å². The van der Waals surface area contributed by atoms with Gasteiger partial charge < -0.3 is 15.2 Å². The molecule has 1 saturated carbocycles. The largest absolute Gasteiger partial charge is 0.356 e. The third-order valence-corrected chi connectivity index (χ3v) is 5.65. The molecular formula is C21H36N4O. The van der Waals surface area contributed by atoms with E-state index in [2.05, 4.69) is 29.5 Å². The van der Waals surface area contributed by atoms with Crippen LogP contribution in [0.1, 0.15) is 58.1 Å². The van der Waals surface area contributed by atoms with Gasteiger partial charge in [-0.05, 0) is 63.4 Å². The van der Waals surface area contributed by atoms with Crippen molar-refractivity contribution in [2.45, 2.75) is 71.9 Å². The first-order chi connectivity index (χ1) is 12.5. The lowest BCUT2D eigenvalue weighted by Crippen LogP contribution is -2.45. The second-order valence-electron chi connectivity index (χ2n) is 7.86. The third kappa shape index (κ3) is 6.19. The Labute approximate surface area is 158 Å². The Balaban J connectivity index is 1.66. The molecule has 0 amide bonds. The van der Waals surface area contributed by atoms with Gasteiger partial charge in [-0.2, -0.15) is 0 Å². The summed E-state index contributed by atoms with van der Waals surface area (Å²) in [7, 11) is 1.84. The van der Waals surface area contributed by atoms with Crippen LogP contribution in [0, 0.1) is 18.8 Å². The van der Waals surface area contributed by atoms with Gasteiger partial charge in [0, 0.05) is 37.9 Å². The molecule has 1 aliphatic carbocycles. The normalized spacial score (nSPS) is 21.0. The Morgan fingerprint density at radius 1 is 1.23 bits per heavy atom. The molecule has 146 valence electrons. The second-order valence-corrected chi connectivity index (χ2v) is 7.86. The first kappa shape index (κ1) is 20.5. The minimum atomic E-state index is 0.0902. The van der Waals surface area contributed by atoms with Crippen molar-refractivity contribution in [2.75, 3.05) is 13.6 Å². The summed E-state index contributed by atoms with van der Waals surface area (Å²) in [6.45, 7) is 8.31. The van der Waals surface area contributed by atoms with Crippen molar-refractivity contribution in [2.24, 2.45) is 16.8 Å². The zero-order valence-corrected chi connectivity index (χ0v) is 16.9. The Kier molecular flexibility index (Phi) is 8.20. The number of nitrogens with one attached hydrogen (secondary N) is 2. The third-order valence-electron chi connectivity index (χ3n) is 5.65. The number of aliphatic imine (C=N–C) groups is 1. The number of hydrogen-bond acceptors (Lipinski definition) is 2. The van der Waals surface area contributed by atoms with Gasteiger partial charge in [0.2, 0.25) is 0 Å². The average molecular weight is 361 g/mol. The first-order valence-electron chi connectivity index (χ1n) is 10.1. The van der Waals surface area contributed by atoms with E-state index in [0.29, 0.717) is 6.04 Å². The molecule has 0 aromatic carbocycles. The topological polar surface area (TPSA) is 58.4 Å². The van der Waals surface area contributed by atoms with E-state index in [1.54, 1.807) is 6.07 Å². The van der Waals surface area contributed by atoms with Crippen LogP contribution in [-0.4, -0.2) is 30.2 Å². The minimum Gasteiger partial charge on any atom is -0.356 e. The van der Waals surface area contributed by atoms with Crippen LogP contribution in [0.5, 0.6) is 0 Å². The first-order valence-corrected chi connectivity index (χ1v) is 10.1. The van der Waals surface area contributed by atoms with Gasteiger partial charge in [0.1, 0.15) is 0 Å². The van der Waals surface area contributed by atoms with Crippen LogP contribution in [0.15, 0.2) is 28.0 Å². The highest BCUT2D eigenvalue weighted by molar-refractivity contribution is 5.79. The van der Waals surface area contributed by atoms with Gasteiger partial charge in [-0.3, -0.25) is 9.79 Å². The Hall–Kier alpha value is -1.78. The highest BCUT2D eigenvalue weighted by atomic mass is 16.1. The van der Waals surface area contributed by atoms with E-state index in [-0.39, 0.29) is 5.56 Å². The van der Waals surface area contributed by atoms with Crippen molar-refractivity contribution in [1.82, 2.24) is 15.2 Å². The standard InChI is InChI=1S/C21H36N4O/c1-16(2)18-10-12-19(13-11-18)24-21(22-4)23-14-5-6-15-25-17(3)8-7-9-20(25)26/h7-9,16,18-19H,5-6,10-15H2,1-4H3,(H2,22,23,24). The summed E-state index contributed by atoms with van der Waals surface area (Å²) >= 11 is 0. The van der Waals surface area contributed by atoms with E-state index in [4.69, 9.17) is 0 Å². The van der Waals surface area contributed by atoms with E-state index in [0.717, 1.165) is 49.4 Å². The average Bonchev–Trinajstić information content (AvgIpc) is 2.63. The van der Waals surface area contributed by atoms with Crippen LogP contribution >= 0.6 is 0 Å². The maximum absolute atomic E-state index is 11.9. The van der Waals surface area contributed by atoms with Gasteiger partial charge in [-0.25, -0.2) is 0 Å². The van der Waals surface area contributed by atoms with Crippen molar-refractivity contribution in [3.63, 3.8) is 0 Å². The lowest BCUT2D eigenvalue weighted by atomic mass is 9.80. The molecule has 5 heteroatoms. The van der Waals surface area contributed by atoms with E-state index in [9.17, 15) is 4.79 Å². The number of pyridine rings is 1. The van der Waals surface area contributed by atoms with Crippen LogP contribution in [-0.2, 0) is 6.54 Å². The quantitative estimate of drug-likeness (QED) is 0.445. The second kappa shape index (κ2) is 10.4. The van der Waals surface area contributed by atoms with Crippen LogP contribution < -0.4 is 16.2 Å². The fourth-order valence-corrected chi connectivity index (χ4v) is 3.83. The summed E-state index contributed by atoms with van der Waals surface area (Å²) in [6, 6.07) is 5.98. The molecule has 1 aromatic rings. The van der Waals surface area contributed by atoms with Crippen LogP contribution in [0.25, 0.3) is 0 Å². The number of guanidine groups is 1. The summed E-state index contributed by atoms with van der Waals surface area (Å²) in [5.74, 6) is 2.59. The number of rotatable bonds is 7. The van der Waals surface area contributed by atoms with Crippen molar-refractivity contribution in [1.29, 1.82) is 0 Å². The predicted octanol–water partition coefficient (Wildman–Crippen LogP) is 3.32. The van der Waals surface area contributed by atoms with Crippen LogP contribution in [0.4, 0.5) is 0 Å². The van der Waals surface area contributed by atoms with Gasteiger partial charge in [-0.15, -0.1) is 0 Å². The molecule has 0 saturated heterocycles. The maximum atomic E-state index is 11.9. The Morgan fingerprint density at radius 2 is 1.96 bits per heavy atom. The predicted molar refractivity (Wildman–Crippen MR) is 110 cm³/mol. The smallest absolute Gasteiger partial charge is 0.250 e. The summed E-state index contributed by atoms with van der Waals surface area (Å²) < 4.78 is 1.85. The van der Waals surface area contributed by atoms with Crippen molar-refractivity contribution in [3.8, 4) is 0 Å². The fourth-order valence-electron chi connectivity index (χ4n) is 3.83. The zero-order valence-electron chi connectivity index (χ0n) is 16.9. The highest BCUT2D eigenvalue weighted by Crippen LogP contribution is 2.29. The van der Waals surface area contributed by atoms with Gasteiger partial charge in [0.25, 0.3) is 5.56 Å². The summed E-state index contributed by atoms with van der Waals surface area (Å²) in [4.78, 5) is 16.2. The molecule has 1 heterocycles. The number of hydrogen-bond donors (Lipinski definition) is 2. The van der Waals surface area contributed by atoms with Crippen molar-refractivity contribution < 1.29 is 0 Å². The molecule has 0 aliphatic heterocycles. The Bertz CT molecular complexity index is 627. The molecule has 5 nitrogen and oxygen atoms in total. The number of unbranched alkanes of at least 4 members (excludes halogenated alkanes) is 1. The van der Waals surface area contributed by atoms with E-state index < -0.39 is 0 Å². The maximum Gasteiger partial charge on any atom is 0.250 e. The number of nitrogens with zero attached hydrogens (tertiary/aromatic N) is 2. The summed E-state index contributed by atoms with van der Waals surface area (Å²) in [5, 5.41) is 6.99. The fraction of sp³-hybridized carbons (Fsp3) is 0.714. The molecule has 1 aromatic heterocycles. The van der Waals surface area contributed by atoms with E-state index >= 15 is 0 Å². The van der Waals surface area contributed by atoms with Gasteiger partial charge in [-0.1, -0.05) is 19.9 Å². The molecule has 0 unspecified atom stereocenters. The minimum absolute atomic E-state index is 0.0902. The lowest BCUT2D eigenvalue weighted by Gasteiger charge is -2.32. The van der Waals surface area contributed by atoms with Crippen molar-refractivity contribution in [3.05, 3.63) is 34.2 Å². The Morgan fingerprint density at radius 3 is 2.58 bits per heavy atom. The molecular weight excluding hydrogens is 324 g/mol. The molecule has 2 N–H and O–H groups in total. The van der Waals surface area contributed by atoms with E-state index in [1.165, 1.54) is 25.7 Å². The van der Waals surface area contributed by atoms with Gasteiger partial charge in [0.15, 0.2) is 5.96 Å². The lowest BCUT2D eigenvalue weighted by molar-refractivity contribution is 0.250. The molecule has 1 aliphatic rings. The molecule has 0 bridgehead atoms. The summed E-state index contributed by atoms with van der Waals surface area (Å²) in [5.41, 5.74) is 1.12.